The number of rotatable bonds is 7. The van der Waals surface area contributed by atoms with Crippen molar-refractivity contribution in [3.63, 3.8) is 0 Å². The highest BCUT2D eigenvalue weighted by molar-refractivity contribution is 5.94. The van der Waals surface area contributed by atoms with Gasteiger partial charge in [-0.2, -0.15) is 10.5 Å². The Balaban J connectivity index is 1.54. The summed E-state index contributed by atoms with van der Waals surface area (Å²) in [6, 6.07) is 27.5. The lowest BCUT2D eigenvalue weighted by molar-refractivity contribution is 0.0937. The van der Waals surface area contributed by atoms with Crippen LogP contribution in [-0.2, 0) is 0 Å². The van der Waals surface area contributed by atoms with Gasteiger partial charge in [-0.1, -0.05) is 24.3 Å². The molecule has 1 aliphatic heterocycles. The molecule has 3 aromatic rings. The van der Waals surface area contributed by atoms with E-state index >= 15 is 0 Å². The first-order valence-electron chi connectivity index (χ1n) is 11.9. The fraction of sp³-hybridized carbons (Fsp3) is 0.276. The second-order valence-electron chi connectivity index (χ2n) is 8.89. The monoisotopic (exact) mass is 463 g/mol. The standard InChI is InChI=1S/C29H29N5O/c1-3-33(2)27-14-12-24(13-15-27)28(23-8-4-21(18-30)5-9-23)34-17-16-26(20-34)32-29(35)25-10-6-22(19-31)7-11-25/h4-15,26,28H,3,16-17,20H2,1-2H3,(H,32,35). The van der Waals surface area contributed by atoms with Crippen LogP contribution in [0.15, 0.2) is 72.8 Å². The van der Waals surface area contributed by atoms with E-state index in [9.17, 15) is 10.1 Å². The number of amides is 1. The van der Waals surface area contributed by atoms with Gasteiger partial charge in [0.1, 0.15) is 0 Å². The molecule has 3 aromatic carbocycles. The minimum Gasteiger partial charge on any atom is -0.375 e. The average molecular weight is 464 g/mol. The van der Waals surface area contributed by atoms with Crippen molar-refractivity contribution < 1.29 is 4.79 Å². The molecule has 0 aromatic heterocycles. The molecule has 6 nitrogen and oxygen atoms in total. The number of nitriles is 2. The third-order valence-corrected chi connectivity index (χ3v) is 6.68. The summed E-state index contributed by atoms with van der Waals surface area (Å²) in [4.78, 5) is 17.4. The van der Waals surface area contributed by atoms with Gasteiger partial charge < -0.3 is 10.2 Å². The molecule has 0 bridgehead atoms. The van der Waals surface area contributed by atoms with Crippen molar-refractivity contribution in [1.29, 1.82) is 10.5 Å². The maximum Gasteiger partial charge on any atom is 0.251 e. The first-order valence-corrected chi connectivity index (χ1v) is 11.9. The number of carbonyl (C=O) groups excluding carboxylic acids is 1. The summed E-state index contributed by atoms with van der Waals surface area (Å²) < 4.78 is 0. The van der Waals surface area contributed by atoms with Gasteiger partial charge in [-0.3, -0.25) is 9.69 Å². The zero-order valence-electron chi connectivity index (χ0n) is 20.1. The van der Waals surface area contributed by atoms with E-state index in [1.165, 1.54) is 11.3 Å². The fourth-order valence-electron chi connectivity index (χ4n) is 4.55. The molecule has 4 rings (SSSR count). The van der Waals surface area contributed by atoms with Gasteiger partial charge in [0, 0.05) is 44.0 Å². The fourth-order valence-corrected chi connectivity index (χ4v) is 4.55. The van der Waals surface area contributed by atoms with Crippen LogP contribution in [-0.4, -0.2) is 43.5 Å². The Morgan fingerprint density at radius 1 is 0.971 bits per heavy atom. The van der Waals surface area contributed by atoms with Crippen LogP contribution in [0.2, 0.25) is 0 Å². The number of anilines is 1. The molecule has 2 unspecified atom stereocenters. The first-order chi connectivity index (χ1) is 17.0. The summed E-state index contributed by atoms with van der Waals surface area (Å²) in [5, 5.41) is 21.4. The van der Waals surface area contributed by atoms with Gasteiger partial charge in [0.05, 0.1) is 29.3 Å². The summed E-state index contributed by atoms with van der Waals surface area (Å²) in [5.74, 6) is -0.122. The van der Waals surface area contributed by atoms with Gasteiger partial charge in [0.15, 0.2) is 0 Å². The SMILES string of the molecule is CCN(C)c1ccc(C(c2ccc(C#N)cc2)N2CCC(NC(=O)c3ccc(C#N)cc3)C2)cc1. The minimum absolute atomic E-state index is 0.0283. The first kappa shape index (κ1) is 24.0. The zero-order valence-corrected chi connectivity index (χ0v) is 20.1. The number of nitrogens with zero attached hydrogens (tertiary/aromatic N) is 4. The maximum atomic E-state index is 12.8. The molecule has 1 amide bonds. The second-order valence-corrected chi connectivity index (χ2v) is 8.89. The van der Waals surface area contributed by atoms with Crippen LogP contribution in [0, 0.1) is 22.7 Å². The molecule has 0 radical (unpaired) electrons. The van der Waals surface area contributed by atoms with Crippen LogP contribution in [0.3, 0.4) is 0 Å². The third kappa shape index (κ3) is 5.51. The molecule has 1 aliphatic rings. The lowest BCUT2D eigenvalue weighted by Crippen LogP contribution is -2.38. The molecular formula is C29H29N5O. The lowest BCUT2D eigenvalue weighted by Gasteiger charge is -2.29. The van der Waals surface area contributed by atoms with Crippen LogP contribution in [0.25, 0.3) is 0 Å². The molecule has 2 atom stereocenters. The van der Waals surface area contributed by atoms with E-state index in [0.29, 0.717) is 16.7 Å². The maximum absolute atomic E-state index is 12.8. The molecule has 6 heteroatoms. The quantitative estimate of drug-likeness (QED) is 0.559. The normalized spacial score (nSPS) is 16.2. The minimum atomic E-state index is -0.122. The lowest BCUT2D eigenvalue weighted by atomic mass is 9.96. The van der Waals surface area contributed by atoms with E-state index in [4.69, 9.17) is 5.26 Å². The highest BCUT2D eigenvalue weighted by Gasteiger charge is 2.31. The summed E-state index contributed by atoms with van der Waals surface area (Å²) in [7, 11) is 2.08. The number of likely N-dealkylation sites (tertiary alicyclic amines) is 1. The largest absolute Gasteiger partial charge is 0.375 e. The number of benzene rings is 3. The summed E-state index contributed by atoms with van der Waals surface area (Å²) in [6.07, 6.45) is 0.853. The van der Waals surface area contributed by atoms with E-state index < -0.39 is 0 Å². The van der Waals surface area contributed by atoms with E-state index in [2.05, 4.69) is 65.5 Å². The summed E-state index contributed by atoms with van der Waals surface area (Å²) >= 11 is 0. The van der Waals surface area contributed by atoms with Gasteiger partial charge in [0.2, 0.25) is 0 Å². The van der Waals surface area contributed by atoms with Crippen molar-refractivity contribution in [1.82, 2.24) is 10.2 Å². The van der Waals surface area contributed by atoms with Gasteiger partial charge in [-0.05, 0) is 73.0 Å². The summed E-state index contributed by atoms with van der Waals surface area (Å²) in [5.41, 5.74) is 5.21. The molecule has 1 N–H and O–H groups in total. The molecule has 176 valence electrons. The molecule has 1 heterocycles. The van der Waals surface area contributed by atoms with Gasteiger partial charge in [-0.25, -0.2) is 0 Å². The van der Waals surface area contributed by atoms with Gasteiger partial charge in [-0.15, -0.1) is 0 Å². The van der Waals surface area contributed by atoms with Crippen molar-refractivity contribution in [3.8, 4) is 12.1 Å². The Labute approximate surface area is 207 Å². The second kappa shape index (κ2) is 10.9. The van der Waals surface area contributed by atoms with E-state index in [1.807, 2.05) is 24.3 Å². The van der Waals surface area contributed by atoms with E-state index in [-0.39, 0.29) is 18.0 Å². The predicted molar refractivity (Wildman–Crippen MR) is 137 cm³/mol. The average Bonchev–Trinajstić information content (AvgIpc) is 3.36. The molecule has 0 aliphatic carbocycles. The van der Waals surface area contributed by atoms with Crippen LogP contribution in [0.5, 0.6) is 0 Å². The number of hydrogen-bond donors (Lipinski definition) is 1. The van der Waals surface area contributed by atoms with Crippen molar-refractivity contribution in [2.45, 2.75) is 25.4 Å². The smallest absolute Gasteiger partial charge is 0.251 e. The van der Waals surface area contributed by atoms with Crippen LogP contribution in [0.1, 0.15) is 52.0 Å². The number of carbonyl (C=O) groups is 1. The van der Waals surface area contributed by atoms with Crippen molar-refractivity contribution in [2.24, 2.45) is 0 Å². The van der Waals surface area contributed by atoms with E-state index in [1.54, 1.807) is 24.3 Å². The molecule has 0 spiro atoms. The Hall–Kier alpha value is -4.13. The molecule has 1 fully saturated rings. The molecule has 0 saturated carbocycles. The molecular weight excluding hydrogens is 434 g/mol. The highest BCUT2D eigenvalue weighted by atomic mass is 16.1. The van der Waals surface area contributed by atoms with E-state index in [0.717, 1.165) is 31.6 Å². The highest BCUT2D eigenvalue weighted by Crippen LogP contribution is 2.33. The van der Waals surface area contributed by atoms with Crippen molar-refractivity contribution >= 4 is 11.6 Å². The van der Waals surface area contributed by atoms with Crippen molar-refractivity contribution in [2.75, 3.05) is 31.6 Å². The van der Waals surface area contributed by atoms with Crippen molar-refractivity contribution in [3.05, 3.63) is 101 Å². The van der Waals surface area contributed by atoms with Crippen LogP contribution < -0.4 is 10.2 Å². The Morgan fingerprint density at radius 3 is 2.06 bits per heavy atom. The summed E-state index contributed by atoms with van der Waals surface area (Å²) in [6.45, 7) is 4.64. The molecule has 35 heavy (non-hydrogen) atoms. The number of nitrogens with one attached hydrogen (secondary N) is 1. The Kier molecular flexibility index (Phi) is 7.45. The third-order valence-electron chi connectivity index (χ3n) is 6.68. The van der Waals surface area contributed by atoms with Gasteiger partial charge in [0.25, 0.3) is 5.91 Å². The van der Waals surface area contributed by atoms with Gasteiger partial charge >= 0.3 is 0 Å². The van der Waals surface area contributed by atoms with Crippen LogP contribution >= 0.6 is 0 Å². The predicted octanol–water partition coefficient (Wildman–Crippen LogP) is 4.48. The topological polar surface area (TPSA) is 83.2 Å². The molecule has 1 saturated heterocycles. The number of hydrogen-bond acceptors (Lipinski definition) is 5. The van der Waals surface area contributed by atoms with Crippen LogP contribution in [0.4, 0.5) is 5.69 Å². The Morgan fingerprint density at radius 2 is 1.51 bits per heavy atom. The Bertz CT molecular complexity index is 1240. The zero-order chi connectivity index (χ0) is 24.8.